The molecule has 1 N–H and O–H groups in total. The van der Waals surface area contributed by atoms with Gasteiger partial charge in [-0.25, -0.2) is 0 Å². The Balaban J connectivity index is 1.89. The second kappa shape index (κ2) is 5.75. The summed E-state index contributed by atoms with van der Waals surface area (Å²) in [5.41, 5.74) is 0.460. The van der Waals surface area contributed by atoms with E-state index in [0.29, 0.717) is 10.2 Å². The van der Waals surface area contributed by atoms with E-state index in [0.717, 1.165) is 12.0 Å². The molecule has 1 heterocycles. The minimum atomic E-state index is 0.460. The third-order valence-electron chi connectivity index (χ3n) is 4.92. The molecule has 2 aliphatic rings. The lowest BCUT2D eigenvalue weighted by atomic mass is 9.69. The van der Waals surface area contributed by atoms with Gasteiger partial charge in [0.05, 0.1) is 0 Å². The van der Waals surface area contributed by atoms with Gasteiger partial charge in [-0.3, -0.25) is 0 Å². The maximum atomic E-state index is 3.94. The summed E-state index contributed by atoms with van der Waals surface area (Å²) < 4.78 is 0.514. The Bertz CT molecular complexity index is 263. The quantitative estimate of drug-likeness (QED) is 0.811. The van der Waals surface area contributed by atoms with Gasteiger partial charge in [-0.05, 0) is 49.7 Å². The molecule has 2 rings (SSSR count). The van der Waals surface area contributed by atoms with Crippen LogP contribution < -0.4 is 5.32 Å². The van der Waals surface area contributed by atoms with Crippen LogP contribution in [0.2, 0.25) is 0 Å². The third-order valence-corrected chi connectivity index (χ3v) is 6.46. The van der Waals surface area contributed by atoms with Crippen LogP contribution in [-0.2, 0) is 0 Å². The maximum absolute atomic E-state index is 3.94. The van der Waals surface area contributed by atoms with Crippen LogP contribution in [0.15, 0.2) is 0 Å². The van der Waals surface area contributed by atoms with E-state index in [1.807, 2.05) is 0 Å². The van der Waals surface area contributed by atoms with Crippen LogP contribution in [-0.4, -0.2) is 23.1 Å². The van der Waals surface area contributed by atoms with Crippen molar-refractivity contribution in [1.29, 1.82) is 0 Å². The Morgan fingerprint density at radius 1 is 1.17 bits per heavy atom. The molecular weight excluding hydrogens is 238 g/mol. The topological polar surface area (TPSA) is 12.0 Å². The predicted molar refractivity (Wildman–Crippen MR) is 83.3 cm³/mol. The number of rotatable bonds is 3. The zero-order valence-electron chi connectivity index (χ0n) is 12.7. The van der Waals surface area contributed by atoms with Crippen molar-refractivity contribution < 1.29 is 0 Å². The van der Waals surface area contributed by atoms with Gasteiger partial charge in [0.25, 0.3) is 0 Å². The zero-order chi connectivity index (χ0) is 13.2. The van der Waals surface area contributed by atoms with E-state index in [4.69, 9.17) is 0 Å². The first-order chi connectivity index (χ1) is 8.41. The fourth-order valence-corrected chi connectivity index (χ4v) is 4.99. The van der Waals surface area contributed by atoms with Crippen molar-refractivity contribution in [3.05, 3.63) is 0 Å². The number of nitrogens with one attached hydrogen (secondary N) is 1. The molecule has 0 aromatic heterocycles. The first kappa shape index (κ1) is 14.7. The molecule has 3 unspecified atom stereocenters. The average molecular weight is 269 g/mol. The molecule has 1 aliphatic heterocycles. The zero-order valence-corrected chi connectivity index (χ0v) is 13.5. The van der Waals surface area contributed by atoms with Crippen molar-refractivity contribution in [1.82, 2.24) is 5.32 Å². The highest BCUT2D eigenvalue weighted by molar-refractivity contribution is 8.00. The Morgan fingerprint density at radius 3 is 2.50 bits per heavy atom. The SMILES string of the molecule is CC1(CNC2CCCCC2C(C)(C)C)CCCS1. The standard InChI is InChI=1S/C16H31NS/c1-15(2,3)13-8-5-6-9-14(13)17-12-16(4)10-7-11-18-16/h13-14,17H,5-12H2,1-4H3. The van der Waals surface area contributed by atoms with Crippen LogP contribution in [0.25, 0.3) is 0 Å². The fraction of sp³-hybridized carbons (Fsp3) is 1.00. The van der Waals surface area contributed by atoms with Crippen molar-refractivity contribution >= 4 is 11.8 Å². The van der Waals surface area contributed by atoms with Gasteiger partial charge in [0.1, 0.15) is 0 Å². The summed E-state index contributed by atoms with van der Waals surface area (Å²) >= 11 is 2.18. The van der Waals surface area contributed by atoms with Crippen LogP contribution in [0.4, 0.5) is 0 Å². The molecule has 0 bridgehead atoms. The van der Waals surface area contributed by atoms with Gasteiger partial charge in [-0.15, -0.1) is 0 Å². The van der Waals surface area contributed by atoms with E-state index in [2.05, 4.69) is 44.8 Å². The van der Waals surface area contributed by atoms with E-state index in [1.54, 1.807) is 0 Å². The molecule has 2 fully saturated rings. The summed E-state index contributed by atoms with van der Waals surface area (Å²) in [6.07, 6.45) is 8.49. The lowest BCUT2D eigenvalue weighted by Gasteiger charge is -2.42. The second-order valence-electron chi connectivity index (χ2n) is 7.65. The number of hydrogen-bond acceptors (Lipinski definition) is 2. The van der Waals surface area contributed by atoms with Gasteiger partial charge in [0.15, 0.2) is 0 Å². The van der Waals surface area contributed by atoms with Gasteiger partial charge < -0.3 is 5.32 Å². The minimum absolute atomic E-state index is 0.460. The number of thioether (sulfide) groups is 1. The summed E-state index contributed by atoms with van der Waals surface area (Å²) in [6, 6.07) is 0.761. The average Bonchev–Trinajstić information content (AvgIpc) is 2.73. The molecule has 2 heteroatoms. The van der Waals surface area contributed by atoms with Crippen molar-refractivity contribution in [3.8, 4) is 0 Å². The van der Waals surface area contributed by atoms with Gasteiger partial charge >= 0.3 is 0 Å². The van der Waals surface area contributed by atoms with Gasteiger partial charge in [-0.2, -0.15) is 11.8 Å². The van der Waals surface area contributed by atoms with Crippen LogP contribution in [0, 0.1) is 11.3 Å². The summed E-state index contributed by atoms with van der Waals surface area (Å²) in [5.74, 6) is 2.23. The van der Waals surface area contributed by atoms with Crippen LogP contribution in [0.3, 0.4) is 0 Å². The Labute approximate surface area is 118 Å². The number of hydrogen-bond donors (Lipinski definition) is 1. The minimum Gasteiger partial charge on any atom is -0.312 e. The molecule has 0 amide bonds. The van der Waals surface area contributed by atoms with E-state index >= 15 is 0 Å². The van der Waals surface area contributed by atoms with Crippen molar-refractivity contribution in [2.75, 3.05) is 12.3 Å². The Kier molecular flexibility index (Phi) is 4.70. The van der Waals surface area contributed by atoms with Crippen LogP contribution >= 0.6 is 11.8 Å². The van der Waals surface area contributed by atoms with E-state index < -0.39 is 0 Å². The molecule has 0 aromatic rings. The summed E-state index contributed by atoms with van der Waals surface area (Å²) in [6.45, 7) is 10.9. The molecule has 1 saturated heterocycles. The fourth-order valence-electron chi connectivity index (χ4n) is 3.74. The Morgan fingerprint density at radius 2 is 1.89 bits per heavy atom. The van der Waals surface area contributed by atoms with Gasteiger partial charge in [0.2, 0.25) is 0 Å². The van der Waals surface area contributed by atoms with Crippen molar-refractivity contribution in [2.24, 2.45) is 11.3 Å². The lowest BCUT2D eigenvalue weighted by Crippen LogP contribution is -2.48. The van der Waals surface area contributed by atoms with Gasteiger partial charge in [-0.1, -0.05) is 33.6 Å². The first-order valence-corrected chi connectivity index (χ1v) is 8.77. The Hall–Kier alpha value is 0.310. The normalized spacial score (nSPS) is 38.0. The van der Waals surface area contributed by atoms with E-state index in [1.165, 1.54) is 50.8 Å². The molecule has 1 saturated carbocycles. The van der Waals surface area contributed by atoms with Crippen LogP contribution in [0.1, 0.15) is 66.2 Å². The molecule has 106 valence electrons. The monoisotopic (exact) mass is 269 g/mol. The third kappa shape index (κ3) is 3.66. The predicted octanol–water partition coefficient (Wildman–Crippen LogP) is 4.47. The molecular formula is C16H31NS. The van der Waals surface area contributed by atoms with Crippen molar-refractivity contribution in [2.45, 2.75) is 77.0 Å². The smallest absolute Gasteiger partial charge is 0.0256 e. The molecule has 1 nitrogen and oxygen atoms in total. The largest absolute Gasteiger partial charge is 0.312 e. The first-order valence-electron chi connectivity index (χ1n) is 7.78. The second-order valence-corrected chi connectivity index (χ2v) is 9.33. The lowest BCUT2D eigenvalue weighted by molar-refractivity contribution is 0.129. The van der Waals surface area contributed by atoms with Gasteiger partial charge in [0, 0.05) is 17.3 Å². The molecule has 1 aliphatic carbocycles. The van der Waals surface area contributed by atoms with Crippen LogP contribution in [0.5, 0.6) is 0 Å². The summed E-state index contributed by atoms with van der Waals surface area (Å²) in [4.78, 5) is 0. The van der Waals surface area contributed by atoms with E-state index in [9.17, 15) is 0 Å². The highest BCUT2D eigenvalue weighted by atomic mass is 32.2. The molecule has 18 heavy (non-hydrogen) atoms. The highest BCUT2D eigenvalue weighted by Crippen LogP contribution is 2.40. The summed E-state index contributed by atoms with van der Waals surface area (Å²) in [7, 11) is 0. The molecule has 0 radical (unpaired) electrons. The molecule has 0 spiro atoms. The molecule has 0 aromatic carbocycles. The maximum Gasteiger partial charge on any atom is 0.0256 e. The summed E-state index contributed by atoms with van der Waals surface area (Å²) in [5, 5.41) is 3.94. The van der Waals surface area contributed by atoms with E-state index in [-0.39, 0.29) is 0 Å². The van der Waals surface area contributed by atoms with Crippen molar-refractivity contribution in [3.63, 3.8) is 0 Å². The highest BCUT2D eigenvalue weighted by Gasteiger charge is 2.36. The molecule has 3 atom stereocenters.